The first kappa shape index (κ1) is 14.5. The van der Waals surface area contributed by atoms with E-state index in [2.05, 4.69) is 4.98 Å². The number of rotatable bonds is 3. The van der Waals surface area contributed by atoms with Crippen LogP contribution in [0.2, 0.25) is 5.15 Å². The Labute approximate surface area is 122 Å². The van der Waals surface area contributed by atoms with Crippen molar-refractivity contribution in [3.63, 3.8) is 0 Å². The van der Waals surface area contributed by atoms with Crippen LogP contribution in [0, 0.1) is 12.7 Å². The maximum absolute atomic E-state index is 13.2. The second-order valence-corrected chi connectivity index (χ2v) is 4.94. The number of nitrogens with zero attached hydrogens (tertiary/aromatic N) is 2. The van der Waals surface area contributed by atoms with Gasteiger partial charge in [0.2, 0.25) is 0 Å². The first-order valence-electron chi connectivity index (χ1n) is 6.10. The fourth-order valence-electron chi connectivity index (χ4n) is 1.89. The molecule has 1 aromatic heterocycles. The highest BCUT2D eigenvalue weighted by Gasteiger charge is 2.17. The molecule has 2 rings (SSSR count). The second kappa shape index (κ2) is 6.01. The lowest BCUT2D eigenvalue weighted by Gasteiger charge is -2.19. The van der Waals surface area contributed by atoms with Crippen LogP contribution in [0.4, 0.5) is 4.39 Å². The Bertz CT molecular complexity index is 646. The summed E-state index contributed by atoms with van der Waals surface area (Å²) in [6.45, 7) is 2.41. The third-order valence-electron chi connectivity index (χ3n) is 3.05. The van der Waals surface area contributed by atoms with Gasteiger partial charge < -0.3 is 4.90 Å². The van der Waals surface area contributed by atoms with E-state index in [1.54, 1.807) is 7.05 Å². The Hall–Kier alpha value is -1.94. The van der Waals surface area contributed by atoms with Gasteiger partial charge in [-0.25, -0.2) is 9.37 Å². The van der Waals surface area contributed by atoms with E-state index in [-0.39, 0.29) is 16.6 Å². The van der Waals surface area contributed by atoms with Crippen molar-refractivity contribution in [2.45, 2.75) is 13.5 Å². The number of halogens is 2. The molecule has 0 bridgehead atoms. The Morgan fingerprint density at radius 3 is 2.80 bits per heavy atom. The number of amides is 1. The van der Waals surface area contributed by atoms with E-state index in [9.17, 15) is 9.18 Å². The summed E-state index contributed by atoms with van der Waals surface area (Å²) in [6.07, 6.45) is 0.987. The molecule has 0 saturated heterocycles. The molecule has 0 spiro atoms. The number of aromatic nitrogens is 1. The van der Waals surface area contributed by atoms with Crippen molar-refractivity contribution in [1.29, 1.82) is 0 Å². The Morgan fingerprint density at radius 1 is 1.40 bits per heavy atom. The quantitative estimate of drug-likeness (QED) is 0.812. The molecular formula is C15H14ClFN2O. The Balaban J connectivity index is 2.21. The van der Waals surface area contributed by atoms with Crippen molar-refractivity contribution in [1.82, 2.24) is 9.88 Å². The zero-order chi connectivity index (χ0) is 14.7. The highest BCUT2D eigenvalue weighted by Crippen LogP contribution is 2.17. The van der Waals surface area contributed by atoms with E-state index in [0.29, 0.717) is 6.54 Å². The van der Waals surface area contributed by atoms with Crippen molar-refractivity contribution in [2.24, 2.45) is 0 Å². The minimum absolute atomic E-state index is 0.00744. The van der Waals surface area contributed by atoms with Crippen LogP contribution in [0.25, 0.3) is 0 Å². The highest BCUT2D eigenvalue weighted by atomic mass is 35.5. The van der Waals surface area contributed by atoms with Crippen molar-refractivity contribution in [3.8, 4) is 0 Å². The number of hydrogen-bond donors (Lipinski definition) is 0. The van der Waals surface area contributed by atoms with E-state index in [1.807, 2.05) is 31.2 Å². The maximum Gasteiger partial charge on any atom is 0.257 e. The van der Waals surface area contributed by atoms with Gasteiger partial charge in [0.15, 0.2) is 0 Å². The molecule has 0 aliphatic rings. The summed E-state index contributed by atoms with van der Waals surface area (Å²) in [5.41, 5.74) is 2.20. The summed E-state index contributed by atoms with van der Waals surface area (Å²) >= 11 is 5.84. The highest BCUT2D eigenvalue weighted by molar-refractivity contribution is 6.32. The summed E-state index contributed by atoms with van der Waals surface area (Å²) in [5.74, 6) is -0.938. The zero-order valence-electron chi connectivity index (χ0n) is 11.2. The van der Waals surface area contributed by atoms with Gasteiger partial charge >= 0.3 is 0 Å². The molecular weight excluding hydrogens is 279 g/mol. The van der Waals surface area contributed by atoms with Gasteiger partial charge in [-0.2, -0.15) is 0 Å². The molecule has 1 amide bonds. The molecule has 3 nitrogen and oxygen atoms in total. The second-order valence-electron chi connectivity index (χ2n) is 4.58. The van der Waals surface area contributed by atoms with E-state index < -0.39 is 5.82 Å². The lowest BCUT2D eigenvalue weighted by molar-refractivity contribution is 0.0784. The van der Waals surface area contributed by atoms with Crippen LogP contribution in [-0.4, -0.2) is 22.8 Å². The lowest BCUT2D eigenvalue weighted by Crippen LogP contribution is -2.27. The van der Waals surface area contributed by atoms with Gasteiger partial charge in [-0.05, 0) is 24.1 Å². The number of carbonyl (C=O) groups excluding carboxylic acids is 1. The molecule has 0 saturated carbocycles. The number of pyridine rings is 1. The fourth-order valence-corrected chi connectivity index (χ4v) is 2.08. The third kappa shape index (κ3) is 3.14. The molecule has 2 aromatic rings. The topological polar surface area (TPSA) is 33.2 Å². The van der Waals surface area contributed by atoms with Crippen LogP contribution in [0.15, 0.2) is 36.5 Å². The van der Waals surface area contributed by atoms with Gasteiger partial charge in [0.05, 0.1) is 11.8 Å². The molecule has 5 heteroatoms. The van der Waals surface area contributed by atoms with Crippen molar-refractivity contribution < 1.29 is 9.18 Å². The Morgan fingerprint density at radius 2 is 2.10 bits per heavy atom. The van der Waals surface area contributed by atoms with Crippen molar-refractivity contribution in [3.05, 3.63) is 64.2 Å². The number of carbonyl (C=O) groups is 1. The predicted octanol–water partition coefficient (Wildman–Crippen LogP) is 3.45. The van der Waals surface area contributed by atoms with Gasteiger partial charge in [-0.15, -0.1) is 0 Å². The number of hydrogen-bond acceptors (Lipinski definition) is 2. The van der Waals surface area contributed by atoms with Gasteiger partial charge in [-0.3, -0.25) is 4.79 Å². The monoisotopic (exact) mass is 292 g/mol. The molecule has 0 unspecified atom stereocenters. The first-order valence-corrected chi connectivity index (χ1v) is 6.48. The van der Waals surface area contributed by atoms with Crippen LogP contribution in [0.3, 0.4) is 0 Å². The Kier molecular flexibility index (Phi) is 4.35. The van der Waals surface area contributed by atoms with Crippen LogP contribution < -0.4 is 0 Å². The third-order valence-corrected chi connectivity index (χ3v) is 3.35. The van der Waals surface area contributed by atoms with Gasteiger partial charge in [-0.1, -0.05) is 35.9 Å². The average Bonchev–Trinajstić information content (AvgIpc) is 2.43. The summed E-state index contributed by atoms with van der Waals surface area (Å²) in [4.78, 5) is 17.4. The van der Waals surface area contributed by atoms with Gasteiger partial charge in [0.1, 0.15) is 11.0 Å². The largest absolute Gasteiger partial charge is 0.337 e. The molecule has 0 aliphatic carbocycles. The average molecular weight is 293 g/mol. The van der Waals surface area contributed by atoms with Gasteiger partial charge in [0.25, 0.3) is 5.91 Å². The maximum atomic E-state index is 13.2. The van der Waals surface area contributed by atoms with Crippen LogP contribution in [0.1, 0.15) is 21.5 Å². The predicted molar refractivity (Wildman–Crippen MR) is 76.2 cm³/mol. The minimum Gasteiger partial charge on any atom is -0.337 e. The van der Waals surface area contributed by atoms with E-state index in [1.165, 1.54) is 4.90 Å². The molecule has 20 heavy (non-hydrogen) atoms. The fraction of sp³-hybridized carbons (Fsp3) is 0.200. The first-order chi connectivity index (χ1) is 9.49. The summed E-state index contributed by atoms with van der Waals surface area (Å²) in [6, 6.07) is 8.88. The molecule has 1 aromatic carbocycles. The smallest absolute Gasteiger partial charge is 0.257 e. The van der Waals surface area contributed by atoms with E-state index in [4.69, 9.17) is 11.6 Å². The lowest BCUT2D eigenvalue weighted by atomic mass is 10.1. The van der Waals surface area contributed by atoms with E-state index >= 15 is 0 Å². The standard InChI is InChI=1S/C15H14ClFN2O/c1-10-5-3-4-6-11(10)9-19(2)15(20)13-7-12(17)8-18-14(13)16/h3-8H,9H2,1-2H3. The molecule has 0 fully saturated rings. The summed E-state index contributed by atoms with van der Waals surface area (Å²) < 4.78 is 13.2. The summed E-state index contributed by atoms with van der Waals surface area (Å²) in [5, 5.41) is 0.00744. The molecule has 1 heterocycles. The number of benzene rings is 1. The van der Waals surface area contributed by atoms with Crippen LogP contribution in [0.5, 0.6) is 0 Å². The summed E-state index contributed by atoms with van der Waals surface area (Å²) in [7, 11) is 1.65. The van der Waals surface area contributed by atoms with Crippen molar-refractivity contribution >= 4 is 17.5 Å². The molecule has 0 aliphatic heterocycles. The van der Waals surface area contributed by atoms with Crippen LogP contribution in [-0.2, 0) is 6.54 Å². The molecule has 0 N–H and O–H groups in total. The van der Waals surface area contributed by atoms with Gasteiger partial charge in [0, 0.05) is 13.6 Å². The normalized spacial score (nSPS) is 10.4. The van der Waals surface area contributed by atoms with Crippen LogP contribution >= 0.6 is 11.6 Å². The zero-order valence-corrected chi connectivity index (χ0v) is 12.0. The number of aryl methyl sites for hydroxylation is 1. The van der Waals surface area contributed by atoms with E-state index in [0.717, 1.165) is 23.4 Å². The molecule has 0 radical (unpaired) electrons. The molecule has 104 valence electrons. The molecule has 0 atom stereocenters. The SMILES string of the molecule is Cc1ccccc1CN(C)C(=O)c1cc(F)cnc1Cl. The minimum atomic E-state index is -0.581. The van der Waals surface area contributed by atoms with Crippen molar-refractivity contribution in [2.75, 3.05) is 7.05 Å².